The Morgan fingerprint density at radius 3 is 1.06 bits per heavy atom. The van der Waals surface area contributed by atoms with Crippen molar-refractivity contribution in [3.05, 3.63) is 34.9 Å². The molecule has 0 aromatic heterocycles. The molecule has 0 bridgehead atoms. The quantitative estimate of drug-likeness (QED) is 0.217. The van der Waals surface area contributed by atoms with Crippen LogP contribution < -0.4 is 0 Å². The van der Waals surface area contributed by atoms with Crippen LogP contribution in [0.4, 0.5) is 0 Å². The second-order valence-corrected chi connectivity index (χ2v) is 19.9. The summed E-state index contributed by atoms with van der Waals surface area (Å²) in [4.78, 5) is 0. The van der Waals surface area contributed by atoms with Crippen LogP contribution in [0.5, 0.6) is 0 Å². The Morgan fingerprint density at radius 1 is 0.500 bits per heavy atom. The van der Waals surface area contributed by atoms with Crippen LogP contribution in [-0.4, -0.2) is 24.9 Å². The lowest BCUT2D eigenvalue weighted by Crippen LogP contribution is -2.56. The summed E-state index contributed by atoms with van der Waals surface area (Å²) in [5.74, 6) is 0. The highest BCUT2D eigenvalue weighted by atomic mass is 35.6. The summed E-state index contributed by atoms with van der Waals surface area (Å²) < 4.78 is -19.9. The molecule has 1 aromatic rings. The number of alkyl halides is 18. The van der Waals surface area contributed by atoms with Crippen LogP contribution in [0.25, 0.3) is 0 Å². The third-order valence-corrected chi connectivity index (χ3v) is 15.8. The van der Waals surface area contributed by atoms with E-state index in [0.717, 1.165) is 0 Å². The predicted octanol–water partition coefficient (Wildman–Crippen LogP) is 13.7. The van der Waals surface area contributed by atoms with Gasteiger partial charge in [0.25, 0.3) is 0 Å². The first kappa shape index (κ1) is 38.5. The van der Waals surface area contributed by atoms with Gasteiger partial charge in [-0.15, -0.1) is 0 Å². The topological polar surface area (TPSA) is 0 Å². The Labute approximate surface area is 299 Å². The molecule has 0 heterocycles. The smallest absolute Gasteiger partial charge is 0.0943 e. The van der Waals surface area contributed by atoms with Gasteiger partial charge in [-0.1, -0.05) is 240 Å². The highest BCUT2D eigenvalue weighted by Crippen LogP contribution is 2.68. The highest BCUT2D eigenvalue weighted by molar-refractivity contribution is 6.81. The van der Waals surface area contributed by atoms with E-state index >= 15 is 0 Å². The minimum absolute atomic E-state index is 0.0140. The monoisotopic (exact) mass is 858 g/mol. The molecule has 0 atom stereocenters. The summed E-state index contributed by atoms with van der Waals surface area (Å²) in [6, 6.07) is 4.30. The Hall–Kier alpha value is 4.44. The molecule has 18 heteroatoms. The van der Waals surface area contributed by atoms with E-state index in [1.807, 2.05) is 6.92 Å². The number of unbranched alkanes of at least 4 members (excludes halogenated alkanes) is 1. The SMILES string of the molecule is CCCCc1c(C(Cl)(Cl)C(Cl)(Cl)C(Cl)(Cl)C(Cl)(Cl)Cl)cccc1C(Cl)(Cl)C(Cl)(Cl)C(Cl)(Cl)C(Cl)(Cl)Cl. The van der Waals surface area contributed by atoms with Gasteiger partial charge in [-0.25, -0.2) is 0 Å². The molecule has 1 aromatic carbocycles. The zero-order valence-electron chi connectivity index (χ0n) is 17.2. The van der Waals surface area contributed by atoms with Gasteiger partial charge in [0.15, 0.2) is 17.3 Å². The fourth-order valence-corrected chi connectivity index (χ4v) is 7.52. The van der Waals surface area contributed by atoms with Crippen molar-refractivity contribution in [1.29, 1.82) is 0 Å². The van der Waals surface area contributed by atoms with Crippen molar-refractivity contribution in [2.24, 2.45) is 0 Å². The van der Waals surface area contributed by atoms with Crippen LogP contribution in [0.1, 0.15) is 36.5 Å². The van der Waals surface area contributed by atoms with Crippen molar-refractivity contribution in [2.45, 2.75) is 59.8 Å². The van der Waals surface area contributed by atoms with Crippen LogP contribution in [0.15, 0.2) is 18.2 Å². The van der Waals surface area contributed by atoms with Crippen molar-refractivity contribution in [1.82, 2.24) is 0 Å². The molecule has 0 nitrogen and oxygen atoms in total. The number of rotatable bonds is 9. The fourth-order valence-electron chi connectivity index (χ4n) is 2.89. The zero-order valence-corrected chi connectivity index (χ0v) is 30.8. The van der Waals surface area contributed by atoms with Crippen molar-refractivity contribution in [3.63, 3.8) is 0 Å². The average molecular weight is 866 g/mol. The molecular formula is C18H12Cl18. The van der Waals surface area contributed by atoms with E-state index in [4.69, 9.17) is 209 Å². The van der Waals surface area contributed by atoms with Gasteiger partial charge >= 0.3 is 0 Å². The van der Waals surface area contributed by atoms with E-state index in [2.05, 4.69) is 0 Å². The lowest BCUT2D eigenvalue weighted by molar-refractivity contribution is 0.579. The molecule has 1 rings (SSSR count). The Kier molecular flexibility index (Phi) is 13.7. The van der Waals surface area contributed by atoms with Crippen molar-refractivity contribution in [2.75, 3.05) is 0 Å². The maximum atomic E-state index is 6.72. The number of hydrogen-bond donors (Lipinski definition) is 0. The summed E-state index contributed by atoms with van der Waals surface area (Å²) in [5.41, 5.74) is 0.285. The predicted molar refractivity (Wildman–Crippen MR) is 170 cm³/mol. The molecule has 0 radical (unpaired) electrons. The van der Waals surface area contributed by atoms with Crippen LogP contribution in [-0.2, 0) is 15.1 Å². The largest absolute Gasteiger partial charge is 0.226 e. The van der Waals surface area contributed by atoms with Gasteiger partial charge in [0.2, 0.25) is 16.3 Å². The normalized spacial score (nSPS) is 15.4. The Bertz CT molecular complexity index is 853. The van der Waals surface area contributed by atoms with Crippen molar-refractivity contribution >= 4 is 209 Å². The summed E-state index contributed by atoms with van der Waals surface area (Å²) in [6.45, 7) is 1.91. The van der Waals surface area contributed by atoms with Crippen molar-refractivity contribution in [3.8, 4) is 0 Å². The zero-order chi connectivity index (χ0) is 29.0. The molecule has 0 fully saturated rings. The Morgan fingerprint density at radius 2 is 0.806 bits per heavy atom. The van der Waals surface area contributed by atoms with E-state index in [1.54, 1.807) is 0 Å². The third-order valence-electron chi connectivity index (χ3n) is 4.92. The van der Waals surface area contributed by atoms with E-state index in [1.165, 1.54) is 18.2 Å². The van der Waals surface area contributed by atoms with Crippen LogP contribution in [0, 0.1) is 0 Å². The van der Waals surface area contributed by atoms with E-state index < -0.39 is 33.6 Å². The molecule has 210 valence electrons. The molecule has 36 heavy (non-hydrogen) atoms. The molecule has 0 aliphatic heterocycles. The van der Waals surface area contributed by atoms with Gasteiger partial charge in [0.05, 0.1) is 0 Å². The molecule has 0 N–H and O–H groups in total. The summed E-state index contributed by atoms with van der Waals surface area (Å²) in [5, 5.41) is 0. The van der Waals surface area contributed by atoms with Gasteiger partial charge < -0.3 is 0 Å². The van der Waals surface area contributed by atoms with Crippen LogP contribution in [0.2, 0.25) is 0 Å². The molecule has 0 saturated heterocycles. The van der Waals surface area contributed by atoms with Crippen molar-refractivity contribution < 1.29 is 0 Å². The first-order valence-electron chi connectivity index (χ1n) is 9.21. The molecule has 0 aliphatic rings. The van der Waals surface area contributed by atoms with Gasteiger partial charge in [-0.3, -0.25) is 0 Å². The molecule has 0 saturated carbocycles. The second-order valence-electron chi connectivity index (χ2n) is 7.38. The first-order chi connectivity index (χ1) is 15.7. The van der Waals surface area contributed by atoms with E-state index in [-0.39, 0.29) is 23.1 Å². The number of benzene rings is 1. The molecule has 0 aliphatic carbocycles. The summed E-state index contributed by atoms with van der Waals surface area (Å²) in [7, 11) is 0. The maximum Gasteiger partial charge on any atom is 0.226 e. The van der Waals surface area contributed by atoms with Crippen LogP contribution in [0.3, 0.4) is 0 Å². The maximum absolute atomic E-state index is 6.72. The highest BCUT2D eigenvalue weighted by Gasteiger charge is 2.71. The fraction of sp³-hybridized carbons (Fsp3) is 0.667. The van der Waals surface area contributed by atoms with Gasteiger partial charge in [0.1, 0.15) is 0 Å². The minimum Gasteiger partial charge on any atom is -0.0943 e. The van der Waals surface area contributed by atoms with Gasteiger partial charge in [-0.05, 0) is 29.5 Å². The standard InChI is InChI=1S/C18H12Cl18/c1-2-3-5-8-9(11(19,20)13(23,24)15(27,28)17(31,32)33)6-4-7-10(8)12(21,22)14(25,26)16(29,30)18(34,35)36/h4,6-7H,2-3,5H2,1H3. The van der Waals surface area contributed by atoms with Gasteiger partial charge in [0, 0.05) is 0 Å². The summed E-state index contributed by atoms with van der Waals surface area (Å²) >= 11 is 113. The minimum atomic E-state index is -2.57. The molecule has 0 amide bonds. The second kappa shape index (κ2) is 12.8. The molecule has 0 unspecified atom stereocenters. The lowest BCUT2D eigenvalue weighted by atomic mass is 9.89. The third kappa shape index (κ3) is 6.89. The lowest BCUT2D eigenvalue weighted by Gasteiger charge is -2.46. The first-order valence-corrected chi connectivity index (χ1v) is 16.0. The van der Waals surface area contributed by atoms with Gasteiger partial charge in [-0.2, -0.15) is 0 Å². The van der Waals surface area contributed by atoms with Crippen LogP contribution >= 0.6 is 209 Å². The summed E-state index contributed by atoms with van der Waals surface area (Å²) in [6.07, 6.45) is 1.45. The average Bonchev–Trinajstić information content (AvgIpc) is 2.69. The van der Waals surface area contributed by atoms with E-state index in [9.17, 15) is 0 Å². The van der Waals surface area contributed by atoms with E-state index in [0.29, 0.717) is 12.8 Å². The Balaban J connectivity index is 4.02. The number of hydrogen-bond acceptors (Lipinski definition) is 0. The molecule has 0 spiro atoms. The molecular weight excluding hydrogens is 854 g/mol. The number of halogens is 18.